The first-order valence-electron chi connectivity index (χ1n) is 9.60. The summed E-state index contributed by atoms with van der Waals surface area (Å²) in [5.74, 6) is 1.34. The second-order valence-corrected chi connectivity index (χ2v) is 9.12. The number of piperazine rings is 1. The molecule has 2 N–H and O–H groups in total. The summed E-state index contributed by atoms with van der Waals surface area (Å²) in [4.78, 5) is 8.78. The molecule has 28 heavy (non-hydrogen) atoms. The first kappa shape index (κ1) is 23.4. The largest absolute Gasteiger partial charge is 0.364 e. The number of aliphatic imine (C=N–C) groups is 1. The average molecular weight is 526 g/mol. The lowest BCUT2D eigenvalue weighted by Gasteiger charge is -2.36. The molecule has 1 saturated heterocycles. The fourth-order valence-electron chi connectivity index (χ4n) is 3.31. The lowest BCUT2D eigenvalue weighted by Crippen LogP contribution is -2.52. The maximum Gasteiger partial charge on any atom is 0.213 e. The van der Waals surface area contributed by atoms with Crippen molar-refractivity contribution in [3.8, 4) is 0 Å². The van der Waals surface area contributed by atoms with Crippen molar-refractivity contribution in [1.82, 2.24) is 25.0 Å². The monoisotopic (exact) mass is 526 g/mol. The molecule has 1 aliphatic heterocycles. The molecular formula is C17H31IN6O3S. The van der Waals surface area contributed by atoms with Gasteiger partial charge in [0.25, 0.3) is 0 Å². The zero-order valence-electron chi connectivity index (χ0n) is 16.3. The number of guanidine groups is 1. The van der Waals surface area contributed by atoms with E-state index < -0.39 is 10.0 Å². The van der Waals surface area contributed by atoms with E-state index in [1.165, 1.54) is 6.42 Å². The van der Waals surface area contributed by atoms with Crippen molar-refractivity contribution in [1.29, 1.82) is 0 Å². The van der Waals surface area contributed by atoms with Gasteiger partial charge in [0.15, 0.2) is 5.96 Å². The molecule has 9 nitrogen and oxygen atoms in total. The smallest absolute Gasteiger partial charge is 0.213 e. The third kappa shape index (κ3) is 7.16. The van der Waals surface area contributed by atoms with Crippen LogP contribution < -0.4 is 10.0 Å². The van der Waals surface area contributed by atoms with Crippen molar-refractivity contribution in [2.24, 2.45) is 10.9 Å². The van der Waals surface area contributed by atoms with Crippen LogP contribution in [0.2, 0.25) is 0 Å². The Morgan fingerprint density at radius 1 is 1.32 bits per heavy atom. The Bertz CT molecular complexity index is 700. The van der Waals surface area contributed by atoms with E-state index in [4.69, 9.17) is 4.52 Å². The van der Waals surface area contributed by atoms with Crippen molar-refractivity contribution in [2.45, 2.75) is 25.8 Å². The number of nitrogens with one attached hydrogen (secondary N) is 2. The Morgan fingerprint density at radius 2 is 2.07 bits per heavy atom. The first-order valence-corrected chi connectivity index (χ1v) is 11.3. The van der Waals surface area contributed by atoms with Crippen molar-refractivity contribution in [2.75, 3.05) is 52.1 Å². The van der Waals surface area contributed by atoms with Gasteiger partial charge >= 0.3 is 0 Å². The molecule has 3 rings (SSSR count). The predicted octanol–water partition coefficient (Wildman–Crippen LogP) is 0.705. The summed E-state index contributed by atoms with van der Waals surface area (Å²) in [7, 11) is -1.51. The molecule has 0 unspecified atom stereocenters. The molecule has 11 heteroatoms. The fraction of sp³-hybridized carbons (Fsp3) is 0.765. The number of hydrogen-bond acceptors (Lipinski definition) is 6. The Kier molecular flexibility index (Phi) is 9.44. The number of halogens is 1. The summed E-state index contributed by atoms with van der Waals surface area (Å²) < 4.78 is 31.8. The molecule has 0 radical (unpaired) electrons. The normalized spacial score (nSPS) is 19.2. The highest BCUT2D eigenvalue weighted by Gasteiger charge is 2.22. The zero-order valence-corrected chi connectivity index (χ0v) is 19.5. The second-order valence-electron chi connectivity index (χ2n) is 7.19. The van der Waals surface area contributed by atoms with E-state index in [0.29, 0.717) is 19.0 Å². The summed E-state index contributed by atoms with van der Waals surface area (Å²) in [6, 6.07) is 1.88. The summed E-state index contributed by atoms with van der Waals surface area (Å²) in [6.45, 7) is 5.18. The van der Waals surface area contributed by atoms with Gasteiger partial charge in [-0.05, 0) is 18.8 Å². The second kappa shape index (κ2) is 11.3. The van der Waals surface area contributed by atoms with Crippen molar-refractivity contribution >= 4 is 40.0 Å². The minimum Gasteiger partial charge on any atom is -0.364 e. The lowest BCUT2D eigenvalue weighted by atomic mass is 9.86. The number of aromatic nitrogens is 1. The van der Waals surface area contributed by atoms with E-state index in [1.807, 2.05) is 6.07 Å². The van der Waals surface area contributed by atoms with E-state index in [1.54, 1.807) is 13.3 Å². The summed E-state index contributed by atoms with van der Waals surface area (Å²) in [5, 5.41) is 7.13. The Hall–Kier alpha value is -0.920. The Labute approximate surface area is 184 Å². The van der Waals surface area contributed by atoms with Gasteiger partial charge in [0, 0.05) is 58.9 Å². The van der Waals surface area contributed by atoms with E-state index in [9.17, 15) is 8.42 Å². The van der Waals surface area contributed by atoms with Crippen LogP contribution in [0.1, 0.15) is 25.0 Å². The third-order valence-corrected chi connectivity index (χ3v) is 6.58. The first-order chi connectivity index (χ1) is 13.1. The topological polar surface area (TPSA) is 103 Å². The molecule has 0 bridgehead atoms. The SMILES string of the molecule is CN=C(NCCS(=O)(=O)NCC1CCC1)N1CCN(Cc2ccon2)CC1.I. The van der Waals surface area contributed by atoms with Gasteiger partial charge in [-0.1, -0.05) is 11.6 Å². The Morgan fingerprint density at radius 3 is 2.64 bits per heavy atom. The highest BCUT2D eigenvalue weighted by molar-refractivity contribution is 14.0. The van der Waals surface area contributed by atoms with Crippen molar-refractivity contribution in [3.05, 3.63) is 18.0 Å². The van der Waals surface area contributed by atoms with Crippen LogP contribution in [0.15, 0.2) is 21.8 Å². The molecule has 0 spiro atoms. The predicted molar refractivity (Wildman–Crippen MR) is 119 cm³/mol. The Balaban J connectivity index is 0.00000280. The van der Waals surface area contributed by atoms with E-state index in [2.05, 4.69) is 30.0 Å². The molecule has 0 aromatic carbocycles. The van der Waals surface area contributed by atoms with Crippen molar-refractivity contribution in [3.63, 3.8) is 0 Å². The molecule has 1 aromatic rings. The maximum atomic E-state index is 12.1. The molecule has 160 valence electrons. The molecule has 1 saturated carbocycles. The van der Waals surface area contributed by atoms with Gasteiger partial charge in [0.1, 0.15) is 6.26 Å². The third-order valence-electron chi connectivity index (χ3n) is 5.23. The standard InChI is InChI=1S/C17H30N6O3S.HI/c1-18-17(19-6-12-27(24,25)20-13-15-3-2-4-15)23-9-7-22(8-10-23)14-16-5-11-26-21-16;/h5,11,15,20H,2-4,6-10,12-14H2,1H3,(H,18,19);1H. The molecule has 2 fully saturated rings. The minimum atomic E-state index is -3.24. The van der Waals surface area contributed by atoms with E-state index >= 15 is 0 Å². The number of rotatable bonds is 8. The van der Waals surface area contributed by atoms with Crippen LogP contribution in [0.25, 0.3) is 0 Å². The number of sulfonamides is 1. The van der Waals surface area contributed by atoms with Crippen LogP contribution in [-0.2, 0) is 16.6 Å². The highest BCUT2D eigenvalue weighted by atomic mass is 127. The van der Waals surface area contributed by atoms with Crippen LogP contribution in [0.4, 0.5) is 0 Å². The van der Waals surface area contributed by atoms with Gasteiger partial charge in [-0.15, -0.1) is 24.0 Å². The maximum absolute atomic E-state index is 12.1. The summed E-state index contributed by atoms with van der Waals surface area (Å²) in [6.07, 6.45) is 5.08. The molecule has 0 amide bonds. The molecule has 0 atom stereocenters. The lowest BCUT2D eigenvalue weighted by molar-refractivity contribution is 0.169. The molecule has 2 aliphatic rings. The quantitative estimate of drug-likeness (QED) is 0.292. The summed E-state index contributed by atoms with van der Waals surface area (Å²) >= 11 is 0. The average Bonchev–Trinajstić information content (AvgIpc) is 3.11. The van der Waals surface area contributed by atoms with Gasteiger partial charge in [0.05, 0.1) is 11.4 Å². The van der Waals surface area contributed by atoms with Crippen LogP contribution in [0.3, 0.4) is 0 Å². The van der Waals surface area contributed by atoms with E-state index in [-0.39, 0.29) is 29.7 Å². The molecule has 1 aliphatic carbocycles. The number of hydrogen-bond donors (Lipinski definition) is 2. The molecule has 2 heterocycles. The van der Waals surface area contributed by atoms with Crippen LogP contribution in [0.5, 0.6) is 0 Å². The van der Waals surface area contributed by atoms with Crippen LogP contribution >= 0.6 is 24.0 Å². The van der Waals surface area contributed by atoms with E-state index in [0.717, 1.165) is 57.2 Å². The van der Waals surface area contributed by atoms with Gasteiger partial charge < -0.3 is 14.7 Å². The number of nitrogens with zero attached hydrogens (tertiary/aromatic N) is 4. The molecular weight excluding hydrogens is 495 g/mol. The van der Waals surface area contributed by atoms with Gasteiger partial charge in [0.2, 0.25) is 10.0 Å². The van der Waals surface area contributed by atoms with Crippen LogP contribution in [-0.4, -0.2) is 81.4 Å². The van der Waals surface area contributed by atoms with Crippen molar-refractivity contribution < 1.29 is 12.9 Å². The zero-order chi connectivity index (χ0) is 19.1. The van der Waals surface area contributed by atoms with Gasteiger partial charge in [-0.3, -0.25) is 9.89 Å². The van der Waals surface area contributed by atoms with Gasteiger partial charge in [-0.2, -0.15) is 0 Å². The van der Waals surface area contributed by atoms with Crippen LogP contribution in [0, 0.1) is 5.92 Å². The van der Waals surface area contributed by atoms with Gasteiger partial charge in [-0.25, -0.2) is 13.1 Å². The fourth-order valence-corrected chi connectivity index (χ4v) is 4.31. The highest BCUT2D eigenvalue weighted by Crippen LogP contribution is 2.25. The summed E-state index contributed by atoms with van der Waals surface area (Å²) in [5.41, 5.74) is 0.936. The molecule has 1 aromatic heterocycles. The minimum absolute atomic E-state index is 0.